The summed E-state index contributed by atoms with van der Waals surface area (Å²) in [7, 11) is 0. The lowest BCUT2D eigenvalue weighted by atomic mass is 10.0. The molecule has 7 nitrogen and oxygen atoms in total. The molecule has 0 radical (unpaired) electrons. The van der Waals surface area contributed by atoms with Crippen molar-refractivity contribution in [1.82, 2.24) is 14.9 Å². The van der Waals surface area contributed by atoms with Crippen molar-refractivity contribution in [3.05, 3.63) is 29.7 Å². The Morgan fingerprint density at radius 1 is 1.44 bits per heavy atom. The molecule has 0 spiro atoms. The van der Waals surface area contributed by atoms with Crippen molar-refractivity contribution in [2.75, 3.05) is 5.75 Å². The minimum absolute atomic E-state index is 0.100. The Morgan fingerprint density at radius 2 is 2.22 bits per heavy atom. The van der Waals surface area contributed by atoms with E-state index in [0.29, 0.717) is 22.7 Å². The fraction of sp³-hybridized carbons (Fsp3) is 0.474. The van der Waals surface area contributed by atoms with Crippen LogP contribution in [0.2, 0.25) is 0 Å². The van der Waals surface area contributed by atoms with Crippen molar-refractivity contribution < 1.29 is 14.3 Å². The van der Waals surface area contributed by atoms with Crippen molar-refractivity contribution in [3.63, 3.8) is 0 Å². The van der Waals surface area contributed by atoms with Gasteiger partial charge in [0.25, 0.3) is 0 Å². The molecule has 0 unspecified atom stereocenters. The summed E-state index contributed by atoms with van der Waals surface area (Å²) in [6.45, 7) is 8.24. The number of furan rings is 1. The van der Waals surface area contributed by atoms with Gasteiger partial charge >= 0.3 is 5.97 Å². The minimum atomic E-state index is -0.910. The zero-order valence-corrected chi connectivity index (χ0v) is 17.0. The fourth-order valence-electron chi connectivity index (χ4n) is 2.45. The summed E-state index contributed by atoms with van der Waals surface area (Å²) in [5, 5.41) is 22.2. The van der Waals surface area contributed by atoms with E-state index in [-0.39, 0.29) is 5.75 Å². The molecule has 0 aromatic carbocycles. The van der Waals surface area contributed by atoms with Crippen molar-refractivity contribution in [1.29, 1.82) is 0 Å². The summed E-state index contributed by atoms with van der Waals surface area (Å²) in [6, 6.07) is 1.80. The standard InChI is InChI=1S/C19H26N4O3S/c1-13(2)6-5-7-14(3)8-10-20-23-18(16-9-11-26-15(16)4)21-22-19(23)27-12-17(24)25/h6,9-11,14H,5,7-8,12H2,1-4H3,(H,24,25)/b20-10-/t14-/m1/s1. The molecule has 0 aliphatic rings. The van der Waals surface area contributed by atoms with Crippen LogP contribution in [0.4, 0.5) is 0 Å². The van der Waals surface area contributed by atoms with Gasteiger partial charge in [-0.1, -0.05) is 30.3 Å². The van der Waals surface area contributed by atoms with Gasteiger partial charge in [0.1, 0.15) is 5.76 Å². The third-order valence-electron chi connectivity index (χ3n) is 3.95. The van der Waals surface area contributed by atoms with E-state index in [1.54, 1.807) is 17.0 Å². The Morgan fingerprint density at radius 3 is 2.85 bits per heavy atom. The number of aromatic nitrogens is 3. The van der Waals surface area contributed by atoms with Crippen LogP contribution in [-0.2, 0) is 4.79 Å². The zero-order chi connectivity index (χ0) is 19.8. The Bertz CT molecular complexity index is 819. The van der Waals surface area contributed by atoms with Gasteiger partial charge in [-0.2, -0.15) is 9.78 Å². The number of aryl methyl sites for hydroxylation is 1. The van der Waals surface area contributed by atoms with Crippen LogP contribution in [0.3, 0.4) is 0 Å². The number of hydrogen-bond acceptors (Lipinski definition) is 6. The first kappa shape index (κ1) is 21.0. The van der Waals surface area contributed by atoms with E-state index < -0.39 is 5.97 Å². The quantitative estimate of drug-likeness (QED) is 0.361. The van der Waals surface area contributed by atoms with Gasteiger partial charge < -0.3 is 9.52 Å². The molecule has 0 saturated heterocycles. The third-order valence-corrected chi connectivity index (χ3v) is 4.86. The predicted octanol–water partition coefficient (Wildman–Crippen LogP) is 4.63. The van der Waals surface area contributed by atoms with Crippen LogP contribution in [0.5, 0.6) is 0 Å². The lowest BCUT2D eigenvalue weighted by Crippen LogP contribution is -2.02. The first-order valence-corrected chi connectivity index (χ1v) is 9.87. The molecular weight excluding hydrogens is 364 g/mol. The molecule has 146 valence electrons. The zero-order valence-electron chi connectivity index (χ0n) is 16.2. The highest BCUT2D eigenvalue weighted by Gasteiger charge is 2.18. The first-order valence-electron chi connectivity index (χ1n) is 8.89. The highest BCUT2D eigenvalue weighted by Crippen LogP contribution is 2.27. The normalized spacial score (nSPS) is 12.4. The Kier molecular flexibility index (Phi) is 7.84. The van der Waals surface area contributed by atoms with Crippen molar-refractivity contribution in [3.8, 4) is 11.4 Å². The largest absolute Gasteiger partial charge is 0.481 e. The minimum Gasteiger partial charge on any atom is -0.481 e. The summed E-state index contributed by atoms with van der Waals surface area (Å²) >= 11 is 1.09. The van der Waals surface area contributed by atoms with Crippen LogP contribution in [0.15, 0.2) is 38.7 Å². The Balaban J connectivity index is 2.14. The van der Waals surface area contributed by atoms with Gasteiger partial charge in [0, 0.05) is 6.21 Å². The van der Waals surface area contributed by atoms with Gasteiger partial charge in [-0.3, -0.25) is 4.79 Å². The van der Waals surface area contributed by atoms with Crippen molar-refractivity contribution >= 4 is 23.9 Å². The van der Waals surface area contributed by atoms with E-state index in [9.17, 15) is 4.79 Å². The summed E-state index contributed by atoms with van der Waals surface area (Å²) < 4.78 is 6.94. The average molecular weight is 391 g/mol. The Labute approximate surface area is 163 Å². The van der Waals surface area contributed by atoms with Gasteiger partial charge in [-0.25, -0.2) is 0 Å². The Hall–Kier alpha value is -2.35. The van der Waals surface area contributed by atoms with E-state index in [1.807, 2.05) is 13.1 Å². The summed E-state index contributed by atoms with van der Waals surface area (Å²) in [5.74, 6) is 0.741. The monoisotopic (exact) mass is 390 g/mol. The second-order valence-electron chi connectivity index (χ2n) is 6.69. The van der Waals surface area contributed by atoms with E-state index in [4.69, 9.17) is 9.52 Å². The maximum absolute atomic E-state index is 10.9. The molecule has 0 fully saturated rings. The molecule has 0 saturated carbocycles. The van der Waals surface area contributed by atoms with E-state index in [2.05, 4.69) is 42.1 Å². The maximum Gasteiger partial charge on any atom is 0.313 e. The molecule has 8 heteroatoms. The van der Waals surface area contributed by atoms with Gasteiger partial charge in [-0.05, 0) is 52.0 Å². The summed E-state index contributed by atoms with van der Waals surface area (Å²) in [4.78, 5) is 10.9. The molecule has 2 aromatic heterocycles. The number of carbonyl (C=O) groups is 1. The molecule has 1 N–H and O–H groups in total. The molecule has 2 aromatic rings. The number of carboxylic acid groups (broad SMARTS) is 1. The molecule has 27 heavy (non-hydrogen) atoms. The highest BCUT2D eigenvalue weighted by molar-refractivity contribution is 7.99. The van der Waals surface area contributed by atoms with Crippen molar-refractivity contribution in [2.24, 2.45) is 11.0 Å². The molecule has 2 rings (SSSR count). The fourth-order valence-corrected chi connectivity index (χ4v) is 3.06. The maximum atomic E-state index is 10.9. The number of thioether (sulfide) groups is 1. The van der Waals surface area contributed by atoms with Crippen LogP contribution in [0.1, 0.15) is 45.8 Å². The second-order valence-corrected chi connectivity index (χ2v) is 7.63. The van der Waals surface area contributed by atoms with E-state index in [1.165, 1.54) is 5.57 Å². The number of allylic oxidation sites excluding steroid dienone is 2. The summed E-state index contributed by atoms with van der Waals surface area (Å²) in [6.07, 6.45) is 8.65. The van der Waals surface area contributed by atoms with Gasteiger partial charge in [0.05, 0.1) is 17.6 Å². The number of hydrogen-bond donors (Lipinski definition) is 1. The molecule has 2 heterocycles. The van der Waals surface area contributed by atoms with Gasteiger partial charge in [0.2, 0.25) is 5.16 Å². The molecule has 0 aliphatic heterocycles. The topological polar surface area (TPSA) is 93.5 Å². The average Bonchev–Trinajstić information content (AvgIpc) is 3.18. The highest BCUT2D eigenvalue weighted by atomic mass is 32.2. The third kappa shape index (κ3) is 6.39. The number of nitrogens with zero attached hydrogens (tertiary/aromatic N) is 4. The first-order chi connectivity index (χ1) is 12.9. The number of rotatable bonds is 10. The lowest BCUT2D eigenvalue weighted by Gasteiger charge is -2.07. The van der Waals surface area contributed by atoms with E-state index >= 15 is 0 Å². The predicted molar refractivity (Wildman–Crippen MR) is 107 cm³/mol. The lowest BCUT2D eigenvalue weighted by molar-refractivity contribution is -0.133. The second kappa shape index (κ2) is 10.1. The molecule has 0 bridgehead atoms. The van der Waals surface area contributed by atoms with Crippen LogP contribution in [0.25, 0.3) is 11.4 Å². The van der Waals surface area contributed by atoms with Crippen LogP contribution in [0, 0.1) is 12.8 Å². The summed E-state index contributed by atoms with van der Waals surface area (Å²) in [5.41, 5.74) is 2.12. The molecule has 0 amide bonds. The SMILES string of the molecule is CC(C)=CCC[C@@H](C)C/C=N\n1c(SCC(=O)O)nnc1-c1ccoc1C. The van der Waals surface area contributed by atoms with Crippen molar-refractivity contribution in [2.45, 2.75) is 52.1 Å². The van der Waals surface area contributed by atoms with Crippen LogP contribution >= 0.6 is 11.8 Å². The number of aliphatic carboxylic acids is 1. The number of carboxylic acids is 1. The molecule has 0 aliphatic carbocycles. The van der Waals surface area contributed by atoms with Gasteiger partial charge in [0.15, 0.2) is 5.82 Å². The smallest absolute Gasteiger partial charge is 0.313 e. The van der Waals surface area contributed by atoms with Gasteiger partial charge in [-0.15, -0.1) is 10.2 Å². The molecule has 1 atom stereocenters. The molecular formula is C19H26N4O3S. The van der Waals surface area contributed by atoms with E-state index in [0.717, 1.165) is 36.6 Å². The van der Waals surface area contributed by atoms with Crippen LogP contribution in [-0.4, -0.2) is 37.9 Å². The van der Waals surface area contributed by atoms with Crippen LogP contribution < -0.4 is 0 Å².